The third kappa shape index (κ3) is 1.94. The summed E-state index contributed by atoms with van der Waals surface area (Å²) >= 11 is 0. The molecular formula is C14H17N5O3. The second kappa shape index (κ2) is 5.04. The van der Waals surface area contributed by atoms with E-state index in [1.54, 1.807) is 13.8 Å². The Morgan fingerprint density at radius 2 is 2.14 bits per heavy atom. The number of ether oxygens (including phenoxy) is 1. The minimum Gasteiger partial charge on any atom is -0.476 e. The smallest absolute Gasteiger partial charge is 0.242 e. The van der Waals surface area contributed by atoms with Crippen molar-refractivity contribution in [2.75, 3.05) is 6.61 Å². The van der Waals surface area contributed by atoms with Gasteiger partial charge in [0.25, 0.3) is 0 Å². The van der Waals surface area contributed by atoms with Gasteiger partial charge in [-0.15, -0.1) is 15.3 Å². The van der Waals surface area contributed by atoms with E-state index in [0.717, 1.165) is 0 Å². The normalized spacial score (nSPS) is 20.1. The number of carbonyl (C=O) groups excluding carboxylic acids is 2. The van der Waals surface area contributed by atoms with Crippen LogP contribution < -0.4 is 9.96 Å². The molecule has 0 radical (unpaired) electrons. The number of rotatable bonds is 4. The van der Waals surface area contributed by atoms with Crippen LogP contribution in [-0.2, 0) is 9.59 Å². The largest absolute Gasteiger partial charge is 0.476 e. The van der Waals surface area contributed by atoms with Crippen LogP contribution in [-0.4, -0.2) is 43.1 Å². The zero-order chi connectivity index (χ0) is 16.0. The molecule has 0 aliphatic carbocycles. The summed E-state index contributed by atoms with van der Waals surface area (Å²) in [4.78, 5) is 25.4. The molecule has 116 valence electrons. The number of hydrogen-bond acceptors (Lipinski definition) is 6. The summed E-state index contributed by atoms with van der Waals surface area (Å²) in [7, 11) is 0. The molecule has 3 heterocycles. The second-order valence-electron chi connectivity index (χ2n) is 5.39. The first-order valence-corrected chi connectivity index (χ1v) is 7.18. The fourth-order valence-corrected chi connectivity index (χ4v) is 2.67. The molecule has 0 spiro atoms. The minimum atomic E-state index is -0.538. The number of hydrogen-bond donors (Lipinski definition) is 0. The van der Waals surface area contributed by atoms with Gasteiger partial charge < -0.3 is 4.74 Å². The quantitative estimate of drug-likeness (QED) is 0.745. The van der Waals surface area contributed by atoms with Crippen molar-refractivity contribution in [1.29, 1.82) is 0 Å². The number of aromatic nitrogens is 4. The third-order valence-corrected chi connectivity index (χ3v) is 3.83. The van der Waals surface area contributed by atoms with Crippen LogP contribution in [0.15, 0.2) is 0 Å². The maximum Gasteiger partial charge on any atom is 0.242 e. The van der Waals surface area contributed by atoms with Crippen LogP contribution in [0.4, 0.5) is 0 Å². The summed E-state index contributed by atoms with van der Waals surface area (Å²) in [6.45, 7) is 9.67. The van der Waals surface area contributed by atoms with Crippen LogP contribution in [0.2, 0.25) is 0 Å². The van der Waals surface area contributed by atoms with Crippen LogP contribution in [0.1, 0.15) is 39.1 Å². The molecular weight excluding hydrogens is 286 g/mol. The average Bonchev–Trinajstić information content (AvgIpc) is 3.07. The lowest BCUT2D eigenvalue weighted by Crippen LogP contribution is -2.34. The standard InChI is InChI=1S/C14H17N5O3/c1-5-22-13-8(3)11-15-16-12(19(11)17-13)9(4)18-10(20)6-7(2)14(18)21/h7,9H,3,5-6H2,1-2,4H3. The van der Waals surface area contributed by atoms with E-state index >= 15 is 0 Å². The Morgan fingerprint density at radius 1 is 1.41 bits per heavy atom. The molecule has 1 fully saturated rings. The Bertz CT molecular complexity index is 799. The highest BCUT2D eigenvalue weighted by atomic mass is 16.5. The number of carbonyl (C=O) groups is 2. The molecule has 0 bridgehead atoms. The van der Waals surface area contributed by atoms with Crippen molar-refractivity contribution < 1.29 is 14.3 Å². The summed E-state index contributed by atoms with van der Waals surface area (Å²) in [5.41, 5.74) is 0.470. The van der Waals surface area contributed by atoms with Crippen molar-refractivity contribution >= 4 is 24.0 Å². The highest BCUT2D eigenvalue weighted by Gasteiger charge is 2.40. The van der Waals surface area contributed by atoms with E-state index in [-0.39, 0.29) is 24.2 Å². The first-order valence-electron chi connectivity index (χ1n) is 7.18. The zero-order valence-electron chi connectivity index (χ0n) is 12.7. The lowest BCUT2D eigenvalue weighted by atomic mass is 10.1. The Morgan fingerprint density at radius 3 is 2.73 bits per heavy atom. The molecule has 0 saturated carbocycles. The SMILES string of the molecule is C=c1c(OCC)nn2c(C(C)N3C(=O)CC(C)C3=O)nnc12. The van der Waals surface area contributed by atoms with Gasteiger partial charge in [-0.25, -0.2) is 0 Å². The summed E-state index contributed by atoms with van der Waals surface area (Å²) in [5.74, 6) is 0.109. The first kappa shape index (κ1) is 14.4. The maximum atomic E-state index is 12.2. The van der Waals surface area contributed by atoms with E-state index in [2.05, 4.69) is 21.9 Å². The van der Waals surface area contributed by atoms with Gasteiger partial charge in [0, 0.05) is 12.3 Å². The lowest BCUT2D eigenvalue weighted by Gasteiger charge is -2.20. The van der Waals surface area contributed by atoms with Crippen molar-refractivity contribution in [3.8, 4) is 5.88 Å². The maximum absolute atomic E-state index is 12.2. The average molecular weight is 303 g/mol. The Kier molecular flexibility index (Phi) is 3.31. The Labute approximate surface area is 126 Å². The van der Waals surface area contributed by atoms with Gasteiger partial charge in [0.05, 0.1) is 17.9 Å². The number of likely N-dealkylation sites (tertiary alicyclic amines) is 1. The highest BCUT2D eigenvalue weighted by molar-refractivity contribution is 6.03. The van der Waals surface area contributed by atoms with Crippen molar-refractivity contribution in [3.05, 3.63) is 11.0 Å². The molecule has 8 heteroatoms. The zero-order valence-corrected chi connectivity index (χ0v) is 12.7. The molecule has 1 saturated heterocycles. The van der Waals surface area contributed by atoms with Gasteiger partial charge in [-0.3, -0.25) is 14.5 Å². The Balaban J connectivity index is 2.03. The van der Waals surface area contributed by atoms with Gasteiger partial charge in [0.1, 0.15) is 0 Å². The number of fused-ring (bicyclic) bond motifs is 1. The van der Waals surface area contributed by atoms with Gasteiger partial charge in [-0.05, 0) is 13.8 Å². The van der Waals surface area contributed by atoms with E-state index in [9.17, 15) is 9.59 Å². The predicted octanol–water partition coefficient (Wildman–Crippen LogP) is 0.108. The topological polar surface area (TPSA) is 89.7 Å². The first-order chi connectivity index (χ1) is 10.5. The molecule has 2 aromatic heterocycles. The number of nitrogens with zero attached hydrogens (tertiary/aromatic N) is 5. The van der Waals surface area contributed by atoms with E-state index in [1.807, 2.05) is 6.92 Å². The molecule has 22 heavy (non-hydrogen) atoms. The van der Waals surface area contributed by atoms with Crippen LogP contribution in [0.5, 0.6) is 5.88 Å². The van der Waals surface area contributed by atoms with Crippen LogP contribution in [0.25, 0.3) is 12.2 Å². The van der Waals surface area contributed by atoms with E-state index in [1.165, 1.54) is 9.42 Å². The molecule has 2 atom stereocenters. The van der Waals surface area contributed by atoms with Gasteiger partial charge in [0.2, 0.25) is 17.7 Å². The number of imide groups is 1. The molecule has 0 aromatic carbocycles. The summed E-state index contributed by atoms with van der Waals surface area (Å²) in [6.07, 6.45) is 0.227. The van der Waals surface area contributed by atoms with Crippen molar-refractivity contribution in [3.63, 3.8) is 0 Å². The van der Waals surface area contributed by atoms with Crippen LogP contribution in [0.3, 0.4) is 0 Å². The summed E-state index contributed by atoms with van der Waals surface area (Å²) in [5, 5.41) is 12.9. The van der Waals surface area contributed by atoms with Crippen molar-refractivity contribution in [2.45, 2.75) is 33.2 Å². The monoisotopic (exact) mass is 303 g/mol. The lowest BCUT2D eigenvalue weighted by molar-refractivity contribution is -0.141. The predicted molar refractivity (Wildman–Crippen MR) is 76.7 cm³/mol. The fraction of sp³-hybridized carbons (Fsp3) is 0.500. The summed E-state index contributed by atoms with van der Waals surface area (Å²) < 4.78 is 6.88. The van der Waals surface area contributed by atoms with Crippen molar-refractivity contribution in [2.24, 2.45) is 5.92 Å². The molecule has 2 unspecified atom stereocenters. The minimum absolute atomic E-state index is 0.194. The highest BCUT2D eigenvalue weighted by Crippen LogP contribution is 2.28. The van der Waals surface area contributed by atoms with Crippen LogP contribution in [0, 0.1) is 5.92 Å². The van der Waals surface area contributed by atoms with Gasteiger partial charge in [-0.1, -0.05) is 13.5 Å². The Hall–Kier alpha value is -2.51. The molecule has 2 aromatic rings. The molecule has 1 aliphatic heterocycles. The second-order valence-corrected chi connectivity index (χ2v) is 5.39. The van der Waals surface area contributed by atoms with E-state index in [4.69, 9.17) is 4.74 Å². The number of amides is 2. The molecule has 3 rings (SSSR count). The fourth-order valence-electron chi connectivity index (χ4n) is 2.67. The molecule has 0 N–H and O–H groups in total. The van der Waals surface area contributed by atoms with Gasteiger partial charge in [-0.2, -0.15) is 4.52 Å². The van der Waals surface area contributed by atoms with Gasteiger partial charge >= 0.3 is 0 Å². The molecule has 1 aliphatic rings. The van der Waals surface area contributed by atoms with E-state index < -0.39 is 6.04 Å². The summed E-state index contributed by atoms with van der Waals surface area (Å²) in [6, 6.07) is -0.538. The van der Waals surface area contributed by atoms with Crippen LogP contribution >= 0.6 is 0 Å². The molecule has 2 amide bonds. The third-order valence-electron chi connectivity index (χ3n) is 3.83. The van der Waals surface area contributed by atoms with Gasteiger partial charge in [0.15, 0.2) is 11.5 Å². The van der Waals surface area contributed by atoms with E-state index in [0.29, 0.717) is 29.2 Å². The van der Waals surface area contributed by atoms with Crippen molar-refractivity contribution in [1.82, 2.24) is 24.7 Å². The molecule has 8 nitrogen and oxygen atoms in total.